The van der Waals surface area contributed by atoms with Crippen LogP contribution in [-0.4, -0.2) is 51.2 Å². The van der Waals surface area contributed by atoms with Gasteiger partial charge in [0.05, 0.1) is 14.2 Å². The van der Waals surface area contributed by atoms with Gasteiger partial charge in [0, 0.05) is 13.2 Å². The molecule has 0 aliphatic carbocycles. The van der Waals surface area contributed by atoms with Crippen molar-refractivity contribution in [1.29, 1.82) is 5.41 Å². The predicted molar refractivity (Wildman–Crippen MR) is 95.1 cm³/mol. The molecular weight excluding hydrogens is 306 g/mol. The maximum absolute atomic E-state index is 7.82. The van der Waals surface area contributed by atoms with Gasteiger partial charge in [0.15, 0.2) is 11.5 Å². The van der Waals surface area contributed by atoms with Crippen molar-refractivity contribution in [2.75, 3.05) is 40.5 Å². The first-order chi connectivity index (χ1) is 11.7. The van der Waals surface area contributed by atoms with E-state index in [0.717, 1.165) is 18.5 Å². The van der Waals surface area contributed by atoms with Crippen LogP contribution < -0.4 is 15.2 Å². The van der Waals surface area contributed by atoms with E-state index in [2.05, 4.69) is 4.90 Å². The highest BCUT2D eigenvalue weighted by molar-refractivity contribution is 5.83. The number of likely N-dealkylation sites (tertiary alicyclic amines) is 1. The van der Waals surface area contributed by atoms with Crippen LogP contribution in [0.15, 0.2) is 18.2 Å². The zero-order valence-electron chi connectivity index (χ0n) is 14.7. The minimum atomic E-state index is -0.550. The van der Waals surface area contributed by atoms with E-state index in [0.29, 0.717) is 18.1 Å². The fraction of sp³-hybridized carbons (Fsp3) is 0.611. The minimum absolute atomic E-state index is 0.000178. The van der Waals surface area contributed by atoms with Crippen molar-refractivity contribution < 1.29 is 14.2 Å². The van der Waals surface area contributed by atoms with Gasteiger partial charge in [-0.15, -0.1) is 0 Å². The van der Waals surface area contributed by atoms with E-state index in [4.69, 9.17) is 25.4 Å². The van der Waals surface area contributed by atoms with Crippen LogP contribution in [0.1, 0.15) is 37.4 Å². The Morgan fingerprint density at radius 3 is 2.50 bits per heavy atom. The van der Waals surface area contributed by atoms with Crippen LogP contribution in [-0.2, 0) is 4.74 Å². The third-order valence-corrected chi connectivity index (χ3v) is 4.34. The Kier molecular flexibility index (Phi) is 7.34. The smallest absolute Gasteiger partial charge is 0.161 e. The molecule has 6 heteroatoms. The maximum atomic E-state index is 7.82. The molecule has 0 radical (unpaired) electrons. The topological polar surface area (TPSA) is 80.8 Å². The summed E-state index contributed by atoms with van der Waals surface area (Å²) in [5.41, 5.74) is 6.54. The molecule has 1 heterocycles. The summed E-state index contributed by atoms with van der Waals surface area (Å²) >= 11 is 0. The summed E-state index contributed by atoms with van der Waals surface area (Å²) in [5, 5.41) is 7.82. The van der Waals surface area contributed by atoms with E-state index in [1.165, 1.54) is 32.4 Å². The second-order valence-electron chi connectivity index (χ2n) is 6.08. The first-order valence-corrected chi connectivity index (χ1v) is 8.55. The molecule has 1 aromatic carbocycles. The highest BCUT2D eigenvalue weighted by Gasteiger charge is 2.18. The Labute approximate surface area is 144 Å². The van der Waals surface area contributed by atoms with E-state index in [-0.39, 0.29) is 5.84 Å². The lowest BCUT2D eigenvalue weighted by molar-refractivity contribution is 0.0845. The average molecular weight is 335 g/mol. The van der Waals surface area contributed by atoms with Crippen LogP contribution in [0.3, 0.4) is 0 Å². The molecule has 1 atom stereocenters. The van der Waals surface area contributed by atoms with Crippen LogP contribution >= 0.6 is 0 Å². The summed E-state index contributed by atoms with van der Waals surface area (Å²) in [6.07, 6.45) is 4.33. The number of nitrogens with two attached hydrogens (primary N) is 1. The van der Waals surface area contributed by atoms with Gasteiger partial charge in [-0.25, -0.2) is 0 Å². The van der Waals surface area contributed by atoms with Crippen molar-refractivity contribution in [3.63, 3.8) is 0 Å². The normalized spacial score (nSPS) is 16.6. The van der Waals surface area contributed by atoms with E-state index in [1.807, 2.05) is 12.1 Å². The first-order valence-electron chi connectivity index (χ1n) is 8.55. The molecule has 2 rings (SSSR count). The van der Waals surface area contributed by atoms with Crippen LogP contribution in [0.2, 0.25) is 0 Å². The fourth-order valence-corrected chi connectivity index (χ4v) is 3.05. The van der Waals surface area contributed by atoms with Crippen LogP contribution in [0.5, 0.6) is 11.5 Å². The first kappa shape index (κ1) is 18.5. The van der Waals surface area contributed by atoms with E-state index < -0.39 is 6.10 Å². The lowest BCUT2D eigenvalue weighted by atomic mass is 10.1. The molecule has 6 nitrogen and oxygen atoms in total. The van der Waals surface area contributed by atoms with Crippen molar-refractivity contribution in [2.24, 2.45) is 5.73 Å². The molecule has 0 saturated carbocycles. The molecule has 134 valence electrons. The number of ether oxygens (including phenoxy) is 3. The number of piperidine rings is 1. The lowest BCUT2D eigenvalue weighted by Gasteiger charge is -2.26. The molecule has 1 aliphatic rings. The molecule has 24 heavy (non-hydrogen) atoms. The number of hydrogen-bond acceptors (Lipinski definition) is 5. The molecule has 1 aliphatic heterocycles. The van der Waals surface area contributed by atoms with Crippen LogP contribution in [0.4, 0.5) is 0 Å². The molecule has 1 saturated heterocycles. The van der Waals surface area contributed by atoms with Crippen molar-refractivity contribution in [3.8, 4) is 11.5 Å². The number of methoxy groups -OCH3 is 2. The molecule has 1 fully saturated rings. The summed E-state index contributed by atoms with van der Waals surface area (Å²) in [6.45, 7) is 3.99. The molecule has 3 N–H and O–H groups in total. The summed E-state index contributed by atoms with van der Waals surface area (Å²) < 4.78 is 16.4. The zero-order valence-corrected chi connectivity index (χ0v) is 14.7. The number of rotatable bonds is 9. The lowest BCUT2D eigenvalue weighted by Crippen LogP contribution is -2.31. The van der Waals surface area contributed by atoms with Crippen molar-refractivity contribution in [3.05, 3.63) is 23.8 Å². The average Bonchev–Trinajstić information content (AvgIpc) is 2.61. The fourth-order valence-electron chi connectivity index (χ4n) is 3.05. The molecule has 0 aromatic heterocycles. The molecule has 0 amide bonds. The number of nitrogens with zero attached hydrogens (tertiary/aromatic N) is 1. The highest BCUT2D eigenvalue weighted by Crippen LogP contribution is 2.31. The SMILES string of the molecule is COc1ccc(C(OCCCN2CCCCC2)C(=N)N)cc1OC. The third-order valence-electron chi connectivity index (χ3n) is 4.34. The number of nitrogens with one attached hydrogen (secondary N) is 1. The van der Waals surface area contributed by atoms with E-state index in [1.54, 1.807) is 20.3 Å². The summed E-state index contributed by atoms with van der Waals surface area (Å²) in [5.74, 6) is 1.26. The van der Waals surface area contributed by atoms with E-state index >= 15 is 0 Å². The largest absolute Gasteiger partial charge is 0.493 e. The van der Waals surface area contributed by atoms with Gasteiger partial charge in [-0.3, -0.25) is 5.41 Å². The van der Waals surface area contributed by atoms with E-state index in [9.17, 15) is 0 Å². The van der Waals surface area contributed by atoms with Gasteiger partial charge in [0.2, 0.25) is 0 Å². The van der Waals surface area contributed by atoms with Crippen molar-refractivity contribution >= 4 is 5.84 Å². The summed E-state index contributed by atoms with van der Waals surface area (Å²) in [7, 11) is 3.18. The van der Waals surface area contributed by atoms with Crippen LogP contribution in [0, 0.1) is 5.41 Å². The Balaban J connectivity index is 1.90. The standard InChI is InChI=1S/C18H29N3O3/c1-22-15-8-7-14(13-16(15)23-2)17(18(19)20)24-12-6-11-21-9-4-3-5-10-21/h7-8,13,17H,3-6,9-12H2,1-2H3,(H3,19,20). The van der Waals surface area contributed by atoms with Gasteiger partial charge in [-0.1, -0.05) is 12.5 Å². The highest BCUT2D eigenvalue weighted by atomic mass is 16.5. The maximum Gasteiger partial charge on any atom is 0.161 e. The molecule has 0 spiro atoms. The van der Waals surface area contributed by atoms with Crippen molar-refractivity contribution in [2.45, 2.75) is 31.8 Å². The second kappa shape index (κ2) is 9.49. The summed E-state index contributed by atoms with van der Waals surface area (Å²) in [4.78, 5) is 2.48. The summed E-state index contributed by atoms with van der Waals surface area (Å²) in [6, 6.07) is 5.48. The van der Waals surface area contributed by atoms with Gasteiger partial charge in [0.25, 0.3) is 0 Å². The van der Waals surface area contributed by atoms with Crippen LogP contribution in [0.25, 0.3) is 0 Å². The second-order valence-corrected chi connectivity index (χ2v) is 6.08. The van der Waals surface area contributed by atoms with Crippen molar-refractivity contribution in [1.82, 2.24) is 4.90 Å². The monoisotopic (exact) mass is 335 g/mol. The van der Waals surface area contributed by atoms with Gasteiger partial charge in [0.1, 0.15) is 11.9 Å². The minimum Gasteiger partial charge on any atom is -0.493 e. The molecule has 0 bridgehead atoms. The Bertz CT molecular complexity index is 530. The Hall–Kier alpha value is -1.79. The quantitative estimate of drug-likeness (QED) is 0.412. The Morgan fingerprint density at radius 1 is 1.17 bits per heavy atom. The van der Waals surface area contributed by atoms with Gasteiger partial charge < -0.3 is 24.8 Å². The Morgan fingerprint density at radius 2 is 1.88 bits per heavy atom. The number of amidine groups is 1. The van der Waals surface area contributed by atoms with Gasteiger partial charge in [-0.05, 0) is 50.0 Å². The predicted octanol–water partition coefficient (Wildman–Crippen LogP) is 2.57. The molecule has 1 aromatic rings. The van der Waals surface area contributed by atoms with Gasteiger partial charge >= 0.3 is 0 Å². The number of benzene rings is 1. The van der Waals surface area contributed by atoms with Gasteiger partial charge in [-0.2, -0.15) is 0 Å². The molecular formula is C18H29N3O3. The number of hydrogen-bond donors (Lipinski definition) is 2. The molecule has 1 unspecified atom stereocenters. The zero-order chi connectivity index (χ0) is 17.4. The third kappa shape index (κ3) is 5.11.